The number of rotatable bonds is 3. The Labute approximate surface area is 156 Å². The minimum Gasteiger partial charge on any atom is -0.337 e. The van der Waals surface area contributed by atoms with E-state index in [0.717, 1.165) is 24.1 Å². The lowest BCUT2D eigenvalue weighted by atomic mass is 9.96. The highest BCUT2D eigenvalue weighted by Gasteiger charge is 2.30. The molecule has 4 heterocycles. The van der Waals surface area contributed by atoms with Crippen molar-refractivity contribution in [2.75, 3.05) is 13.1 Å². The van der Waals surface area contributed by atoms with E-state index in [1.165, 1.54) is 4.68 Å². The van der Waals surface area contributed by atoms with E-state index < -0.39 is 0 Å². The van der Waals surface area contributed by atoms with Gasteiger partial charge >= 0.3 is 5.69 Å². The Balaban J connectivity index is 1.59. The SMILES string of the molecule is CCn1c(C2CCCN(C(=O)c3ccc4cccnc4n3)C2)nn(C)c1=O. The Kier molecular flexibility index (Phi) is 4.47. The molecular formula is C19H22N6O2. The van der Waals surface area contributed by atoms with Crippen molar-refractivity contribution in [3.05, 3.63) is 52.5 Å². The van der Waals surface area contributed by atoms with Crippen molar-refractivity contribution < 1.29 is 4.79 Å². The van der Waals surface area contributed by atoms with Crippen molar-refractivity contribution in [1.29, 1.82) is 0 Å². The molecule has 1 saturated heterocycles. The molecule has 1 unspecified atom stereocenters. The Bertz CT molecular complexity index is 1050. The minimum absolute atomic E-state index is 0.0510. The van der Waals surface area contributed by atoms with Gasteiger partial charge in [-0.25, -0.2) is 19.4 Å². The maximum absolute atomic E-state index is 13.0. The Morgan fingerprint density at radius 1 is 1.30 bits per heavy atom. The molecule has 8 heteroatoms. The largest absolute Gasteiger partial charge is 0.345 e. The third-order valence-corrected chi connectivity index (χ3v) is 5.11. The van der Waals surface area contributed by atoms with Crippen molar-refractivity contribution in [3.63, 3.8) is 0 Å². The summed E-state index contributed by atoms with van der Waals surface area (Å²) in [6.45, 7) is 3.73. The number of pyridine rings is 2. The smallest absolute Gasteiger partial charge is 0.337 e. The van der Waals surface area contributed by atoms with Crippen LogP contribution in [0.15, 0.2) is 35.3 Å². The molecule has 4 rings (SSSR count). The van der Waals surface area contributed by atoms with Crippen LogP contribution in [0.1, 0.15) is 42.0 Å². The van der Waals surface area contributed by atoms with Gasteiger partial charge in [0.1, 0.15) is 11.5 Å². The van der Waals surface area contributed by atoms with Crippen LogP contribution in [0.2, 0.25) is 0 Å². The van der Waals surface area contributed by atoms with Crippen LogP contribution < -0.4 is 5.69 Å². The predicted octanol–water partition coefficient (Wildman–Crippen LogP) is 1.56. The molecule has 0 bridgehead atoms. The third kappa shape index (κ3) is 3.11. The molecule has 1 amide bonds. The van der Waals surface area contributed by atoms with Crippen LogP contribution in [0.25, 0.3) is 11.0 Å². The normalized spacial score (nSPS) is 17.4. The molecular weight excluding hydrogens is 344 g/mol. The topological polar surface area (TPSA) is 85.9 Å². The second kappa shape index (κ2) is 6.94. The first kappa shape index (κ1) is 17.4. The lowest BCUT2D eigenvalue weighted by molar-refractivity contribution is 0.0697. The molecule has 140 valence electrons. The summed E-state index contributed by atoms with van der Waals surface area (Å²) in [5.41, 5.74) is 0.857. The second-order valence-corrected chi connectivity index (χ2v) is 6.85. The first-order valence-electron chi connectivity index (χ1n) is 9.23. The molecule has 0 radical (unpaired) electrons. The zero-order chi connectivity index (χ0) is 19.0. The summed E-state index contributed by atoms with van der Waals surface area (Å²) in [5.74, 6) is 0.708. The number of aryl methyl sites for hydroxylation is 1. The molecule has 1 fully saturated rings. The van der Waals surface area contributed by atoms with Crippen LogP contribution in [0, 0.1) is 0 Å². The second-order valence-electron chi connectivity index (χ2n) is 6.85. The predicted molar refractivity (Wildman–Crippen MR) is 101 cm³/mol. The highest BCUT2D eigenvalue weighted by molar-refractivity contribution is 5.94. The number of hydrogen-bond acceptors (Lipinski definition) is 5. The number of hydrogen-bond donors (Lipinski definition) is 0. The summed E-state index contributed by atoms with van der Waals surface area (Å²) in [7, 11) is 1.66. The average molecular weight is 366 g/mol. The molecule has 27 heavy (non-hydrogen) atoms. The first-order valence-corrected chi connectivity index (χ1v) is 9.23. The number of carbonyl (C=O) groups is 1. The van der Waals surface area contributed by atoms with Crippen LogP contribution in [0.3, 0.4) is 0 Å². The molecule has 0 aromatic carbocycles. The highest BCUT2D eigenvalue weighted by atomic mass is 16.2. The molecule has 0 aliphatic carbocycles. The van der Waals surface area contributed by atoms with Crippen LogP contribution in [-0.2, 0) is 13.6 Å². The summed E-state index contributed by atoms with van der Waals surface area (Å²) in [5, 5.41) is 5.32. The van der Waals surface area contributed by atoms with Crippen molar-refractivity contribution in [2.45, 2.75) is 32.2 Å². The molecule has 3 aromatic rings. The number of aromatic nitrogens is 5. The summed E-state index contributed by atoms with van der Waals surface area (Å²) in [4.78, 5) is 35.6. The number of amides is 1. The number of likely N-dealkylation sites (tertiary alicyclic amines) is 1. The molecule has 1 atom stereocenters. The molecule has 8 nitrogen and oxygen atoms in total. The van der Waals surface area contributed by atoms with E-state index in [9.17, 15) is 9.59 Å². The minimum atomic E-state index is -0.113. The van der Waals surface area contributed by atoms with Crippen LogP contribution in [0.5, 0.6) is 0 Å². The first-order chi connectivity index (χ1) is 13.1. The van der Waals surface area contributed by atoms with E-state index in [2.05, 4.69) is 15.1 Å². The van der Waals surface area contributed by atoms with E-state index in [-0.39, 0.29) is 17.5 Å². The van der Waals surface area contributed by atoms with Gasteiger partial charge in [-0.15, -0.1) is 0 Å². The fourth-order valence-corrected chi connectivity index (χ4v) is 3.73. The summed E-state index contributed by atoms with van der Waals surface area (Å²) in [6.07, 6.45) is 3.45. The van der Waals surface area contributed by atoms with Gasteiger partial charge in [-0.2, -0.15) is 5.10 Å². The zero-order valence-electron chi connectivity index (χ0n) is 15.5. The molecule has 0 saturated carbocycles. The van der Waals surface area contributed by atoms with Gasteiger partial charge < -0.3 is 4.90 Å². The van der Waals surface area contributed by atoms with Crippen LogP contribution in [-0.4, -0.2) is 48.2 Å². The van der Waals surface area contributed by atoms with E-state index in [0.29, 0.717) is 31.0 Å². The van der Waals surface area contributed by atoms with E-state index in [1.54, 1.807) is 23.9 Å². The van der Waals surface area contributed by atoms with Gasteiger partial charge in [-0.3, -0.25) is 9.36 Å². The van der Waals surface area contributed by atoms with Crippen LogP contribution >= 0.6 is 0 Å². The maximum Gasteiger partial charge on any atom is 0.345 e. The number of nitrogens with zero attached hydrogens (tertiary/aromatic N) is 6. The van der Waals surface area contributed by atoms with E-state index in [1.807, 2.05) is 30.0 Å². The molecule has 3 aromatic heterocycles. The average Bonchev–Trinajstić information content (AvgIpc) is 3.01. The monoisotopic (exact) mass is 366 g/mol. The summed E-state index contributed by atoms with van der Waals surface area (Å²) < 4.78 is 3.06. The summed E-state index contributed by atoms with van der Waals surface area (Å²) >= 11 is 0. The molecule has 1 aliphatic rings. The van der Waals surface area contributed by atoms with Gasteiger partial charge in [0.2, 0.25) is 0 Å². The van der Waals surface area contributed by atoms with Gasteiger partial charge in [0.25, 0.3) is 5.91 Å². The van der Waals surface area contributed by atoms with Crippen LogP contribution in [0.4, 0.5) is 0 Å². The van der Waals surface area contributed by atoms with E-state index >= 15 is 0 Å². The van der Waals surface area contributed by atoms with Gasteiger partial charge in [0, 0.05) is 44.2 Å². The number of fused-ring (bicyclic) bond motifs is 1. The number of carbonyl (C=O) groups excluding carboxylic acids is 1. The Morgan fingerprint density at radius 3 is 2.96 bits per heavy atom. The maximum atomic E-state index is 13.0. The van der Waals surface area contributed by atoms with Crippen molar-refractivity contribution >= 4 is 16.9 Å². The fourth-order valence-electron chi connectivity index (χ4n) is 3.73. The lowest BCUT2D eigenvalue weighted by Gasteiger charge is -2.32. The van der Waals surface area contributed by atoms with Gasteiger partial charge in [0.15, 0.2) is 5.65 Å². The standard InChI is InChI=1S/C19H22N6O2/c1-3-25-17(22-23(2)19(25)27)14-7-5-11-24(12-14)18(26)15-9-8-13-6-4-10-20-16(13)21-15/h4,6,8-10,14H,3,5,7,11-12H2,1-2H3. The third-order valence-electron chi connectivity index (χ3n) is 5.11. The number of piperidine rings is 1. The summed E-state index contributed by atoms with van der Waals surface area (Å²) in [6, 6.07) is 7.39. The van der Waals surface area contributed by atoms with Gasteiger partial charge in [0.05, 0.1) is 0 Å². The Hall–Kier alpha value is -3.03. The molecule has 0 spiro atoms. The van der Waals surface area contributed by atoms with Crippen molar-refractivity contribution in [2.24, 2.45) is 7.05 Å². The van der Waals surface area contributed by atoms with Crippen molar-refractivity contribution in [1.82, 2.24) is 29.2 Å². The van der Waals surface area contributed by atoms with Crippen molar-refractivity contribution in [3.8, 4) is 0 Å². The van der Waals surface area contributed by atoms with Gasteiger partial charge in [-0.05, 0) is 44.0 Å². The lowest BCUT2D eigenvalue weighted by Crippen LogP contribution is -2.40. The quantitative estimate of drug-likeness (QED) is 0.702. The Morgan fingerprint density at radius 2 is 2.15 bits per heavy atom. The fraction of sp³-hybridized carbons (Fsp3) is 0.421. The highest BCUT2D eigenvalue weighted by Crippen LogP contribution is 2.26. The van der Waals surface area contributed by atoms with Gasteiger partial charge in [-0.1, -0.05) is 0 Å². The zero-order valence-corrected chi connectivity index (χ0v) is 15.5. The van der Waals surface area contributed by atoms with E-state index in [4.69, 9.17) is 0 Å². The molecule has 1 aliphatic heterocycles. The molecule has 0 N–H and O–H groups in total.